The molecule has 1 N–H and O–H groups in total. The number of ether oxygens (including phenoxy) is 1. The summed E-state index contributed by atoms with van der Waals surface area (Å²) in [5, 5.41) is 2.92. The van der Waals surface area contributed by atoms with Crippen LogP contribution in [0.4, 0.5) is 5.69 Å². The van der Waals surface area contributed by atoms with E-state index in [1.807, 2.05) is 42.5 Å². The molecule has 5 heteroatoms. The van der Waals surface area contributed by atoms with E-state index in [2.05, 4.69) is 43.2 Å². The van der Waals surface area contributed by atoms with Crippen molar-refractivity contribution in [3.8, 4) is 17.2 Å². The van der Waals surface area contributed by atoms with E-state index in [-0.39, 0.29) is 5.91 Å². The largest absolute Gasteiger partial charge is 0.494 e. The second kappa shape index (κ2) is 9.69. The molecule has 0 fully saturated rings. The lowest BCUT2D eigenvalue weighted by Crippen LogP contribution is -2.11. The number of anilines is 1. The van der Waals surface area contributed by atoms with Gasteiger partial charge in [0.05, 0.1) is 6.61 Å². The molecule has 32 heavy (non-hydrogen) atoms. The van der Waals surface area contributed by atoms with Crippen molar-refractivity contribution in [3.63, 3.8) is 0 Å². The van der Waals surface area contributed by atoms with Crippen LogP contribution in [0.1, 0.15) is 55.5 Å². The highest BCUT2D eigenvalue weighted by atomic mass is 16.5. The number of oxazole rings is 1. The summed E-state index contributed by atoms with van der Waals surface area (Å²) >= 11 is 0. The molecule has 0 aliphatic rings. The van der Waals surface area contributed by atoms with Gasteiger partial charge in [0.25, 0.3) is 5.91 Å². The molecule has 0 spiro atoms. The van der Waals surface area contributed by atoms with Crippen LogP contribution in [0, 0.1) is 0 Å². The first kappa shape index (κ1) is 21.6. The Balaban J connectivity index is 1.45. The van der Waals surface area contributed by atoms with Crippen LogP contribution in [0.3, 0.4) is 0 Å². The fourth-order valence-electron chi connectivity index (χ4n) is 3.43. The van der Waals surface area contributed by atoms with Crippen LogP contribution in [-0.4, -0.2) is 17.5 Å². The molecular weight excluding hydrogens is 400 g/mol. The quantitative estimate of drug-likeness (QED) is 0.327. The van der Waals surface area contributed by atoms with E-state index in [0.29, 0.717) is 29.7 Å². The normalized spacial score (nSPS) is 12.0. The molecule has 5 nitrogen and oxygen atoms in total. The zero-order chi connectivity index (χ0) is 22.5. The number of rotatable bonds is 8. The standard InChI is InChI=1S/C27H28N2O3/c1-4-16-31-23-13-8-19(9-14-23)26(30)28-22-11-6-20(7-12-22)27-29-24-17-21(18(3)5-2)10-15-25(24)32-27/h6-15,17-18H,4-5,16H2,1-3H3,(H,28,30)/t18-/m1/s1. The summed E-state index contributed by atoms with van der Waals surface area (Å²) in [6.07, 6.45) is 2.03. The summed E-state index contributed by atoms with van der Waals surface area (Å²) in [6.45, 7) is 7.11. The molecule has 3 aromatic carbocycles. The average molecular weight is 429 g/mol. The number of carbonyl (C=O) groups excluding carboxylic acids is 1. The first-order chi connectivity index (χ1) is 15.6. The highest BCUT2D eigenvalue weighted by molar-refractivity contribution is 6.04. The van der Waals surface area contributed by atoms with Crippen LogP contribution in [0.2, 0.25) is 0 Å². The molecule has 1 heterocycles. The van der Waals surface area contributed by atoms with E-state index in [1.165, 1.54) is 5.56 Å². The molecule has 0 unspecified atom stereocenters. The van der Waals surface area contributed by atoms with E-state index < -0.39 is 0 Å². The van der Waals surface area contributed by atoms with Gasteiger partial charge in [-0.2, -0.15) is 0 Å². The molecular formula is C27H28N2O3. The van der Waals surface area contributed by atoms with E-state index in [1.54, 1.807) is 12.1 Å². The van der Waals surface area contributed by atoms with Gasteiger partial charge in [0.15, 0.2) is 5.58 Å². The number of nitrogens with zero attached hydrogens (tertiary/aromatic N) is 1. The van der Waals surface area contributed by atoms with Gasteiger partial charge in [-0.15, -0.1) is 0 Å². The molecule has 1 aromatic heterocycles. The minimum atomic E-state index is -0.167. The maximum Gasteiger partial charge on any atom is 0.255 e. The number of carbonyl (C=O) groups is 1. The molecule has 0 radical (unpaired) electrons. The third kappa shape index (κ3) is 4.83. The second-order valence-corrected chi connectivity index (χ2v) is 7.96. The van der Waals surface area contributed by atoms with E-state index >= 15 is 0 Å². The Bertz CT molecular complexity index is 1190. The molecule has 164 valence electrons. The fraction of sp³-hybridized carbons (Fsp3) is 0.259. The van der Waals surface area contributed by atoms with Gasteiger partial charge < -0.3 is 14.5 Å². The minimum absolute atomic E-state index is 0.167. The first-order valence-electron chi connectivity index (χ1n) is 11.1. The number of benzene rings is 3. The predicted octanol–water partition coefficient (Wildman–Crippen LogP) is 7.05. The predicted molar refractivity (Wildman–Crippen MR) is 128 cm³/mol. The fourth-order valence-corrected chi connectivity index (χ4v) is 3.43. The Morgan fingerprint density at radius 3 is 2.47 bits per heavy atom. The average Bonchev–Trinajstić information content (AvgIpc) is 3.26. The molecule has 1 amide bonds. The van der Waals surface area contributed by atoms with Crippen LogP contribution in [0.25, 0.3) is 22.6 Å². The van der Waals surface area contributed by atoms with Gasteiger partial charge in [-0.3, -0.25) is 4.79 Å². The Kier molecular flexibility index (Phi) is 6.55. The van der Waals surface area contributed by atoms with Crippen LogP contribution in [0.5, 0.6) is 5.75 Å². The summed E-state index contributed by atoms with van der Waals surface area (Å²) in [4.78, 5) is 17.2. The van der Waals surface area contributed by atoms with Crippen molar-refractivity contribution in [2.75, 3.05) is 11.9 Å². The number of nitrogens with one attached hydrogen (secondary N) is 1. The van der Waals surface area contributed by atoms with Crippen molar-refractivity contribution in [1.29, 1.82) is 0 Å². The third-order valence-electron chi connectivity index (χ3n) is 5.57. The van der Waals surface area contributed by atoms with Gasteiger partial charge in [-0.05, 0) is 85.0 Å². The van der Waals surface area contributed by atoms with Crippen molar-refractivity contribution in [2.24, 2.45) is 0 Å². The Hall–Kier alpha value is -3.60. The molecule has 4 rings (SSSR count). The molecule has 1 atom stereocenters. The highest BCUT2D eigenvalue weighted by Crippen LogP contribution is 2.28. The van der Waals surface area contributed by atoms with Crippen molar-refractivity contribution < 1.29 is 13.9 Å². The maximum absolute atomic E-state index is 12.5. The third-order valence-corrected chi connectivity index (χ3v) is 5.57. The summed E-state index contributed by atoms with van der Waals surface area (Å²) in [6, 6.07) is 20.9. The van der Waals surface area contributed by atoms with Crippen LogP contribution >= 0.6 is 0 Å². The van der Waals surface area contributed by atoms with Gasteiger partial charge in [0, 0.05) is 16.8 Å². The summed E-state index contributed by atoms with van der Waals surface area (Å²) in [5.41, 5.74) is 5.05. The number of fused-ring (bicyclic) bond motifs is 1. The second-order valence-electron chi connectivity index (χ2n) is 7.96. The lowest BCUT2D eigenvalue weighted by molar-refractivity contribution is 0.102. The molecule has 4 aromatic rings. The van der Waals surface area contributed by atoms with Crippen LogP contribution in [-0.2, 0) is 0 Å². The lowest BCUT2D eigenvalue weighted by atomic mass is 9.98. The highest BCUT2D eigenvalue weighted by Gasteiger charge is 2.12. The lowest BCUT2D eigenvalue weighted by Gasteiger charge is -2.07. The summed E-state index contributed by atoms with van der Waals surface area (Å²) in [7, 11) is 0. The number of aromatic nitrogens is 1. The summed E-state index contributed by atoms with van der Waals surface area (Å²) < 4.78 is 11.5. The van der Waals surface area contributed by atoms with Crippen molar-refractivity contribution in [3.05, 3.63) is 77.9 Å². The van der Waals surface area contributed by atoms with Crippen LogP contribution < -0.4 is 10.1 Å². The number of hydrogen-bond donors (Lipinski definition) is 1. The van der Waals surface area contributed by atoms with Crippen molar-refractivity contribution in [2.45, 2.75) is 39.5 Å². The van der Waals surface area contributed by atoms with Gasteiger partial charge in [0.2, 0.25) is 5.89 Å². The smallest absolute Gasteiger partial charge is 0.255 e. The van der Waals surface area contributed by atoms with Gasteiger partial charge >= 0.3 is 0 Å². The van der Waals surface area contributed by atoms with Crippen molar-refractivity contribution >= 4 is 22.7 Å². The van der Waals surface area contributed by atoms with E-state index in [9.17, 15) is 4.79 Å². The minimum Gasteiger partial charge on any atom is -0.494 e. The van der Waals surface area contributed by atoms with E-state index in [4.69, 9.17) is 9.15 Å². The Morgan fingerprint density at radius 1 is 1.03 bits per heavy atom. The molecule has 0 aliphatic carbocycles. The first-order valence-corrected chi connectivity index (χ1v) is 11.1. The van der Waals surface area contributed by atoms with Gasteiger partial charge in [-0.1, -0.05) is 26.8 Å². The van der Waals surface area contributed by atoms with Crippen molar-refractivity contribution in [1.82, 2.24) is 4.98 Å². The van der Waals surface area contributed by atoms with Gasteiger partial charge in [-0.25, -0.2) is 4.98 Å². The number of hydrogen-bond acceptors (Lipinski definition) is 4. The Morgan fingerprint density at radius 2 is 1.78 bits per heavy atom. The number of amides is 1. The maximum atomic E-state index is 12.5. The molecule has 0 aliphatic heterocycles. The molecule has 0 saturated heterocycles. The zero-order valence-electron chi connectivity index (χ0n) is 18.7. The van der Waals surface area contributed by atoms with E-state index in [0.717, 1.165) is 35.3 Å². The monoisotopic (exact) mass is 428 g/mol. The molecule has 0 bridgehead atoms. The SMILES string of the molecule is CCCOc1ccc(C(=O)Nc2ccc(-c3nc4cc([C@H](C)CC)ccc4o3)cc2)cc1. The Labute approximate surface area is 188 Å². The zero-order valence-corrected chi connectivity index (χ0v) is 18.7. The van der Waals surface area contributed by atoms with Crippen LogP contribution in [0.15, 0.2) is 71.1 Å². The molecule has 0 saturated carbocycles. The van der Waals surface area contributed by atoms with Gasteiger partial charge in [0.1, 0.15) is 11.3 Å². The summed E-state index contributed by atoms with van der Waals surface area (Å²) in [5.74, 6) is 1.66. The topological polar surface area (TPSA) is 64.4 Å².